The lowest BCUT2D eigenvalue weighted by Gasteiger charge is -2.18. The molecule has 0 saturated carbocycles. The van der Waals surface area contributed by atoms with Crippen molar-refractivity contribution in [2.75, 3.05) is 11.9 Å². The van der Waals surface area contributed by atoms with Crippen molar-refractivity contribution >= 4 is 33.1 Å². The number of aryl methyl sites for hydroxylation is 1. The first-order valence-electron chi connectivity index (χ1n) is 5.61. The number of aliphatic hydroxyl groups excluding tert-OH is 1. The fourth-order valence-electron chi connectivity index (χ4n) is 1.71. The number of nitrogens with zero attached hydrogens (tertiary/aromatic N) is 2. The summed E-state index contributed by atoms with van der Waals surface area (Å²) >= 11 is 5.19. The molecule has 0 bridgehead atoms. The van der Waals surface area contributed by atoms with E-state index in [0.717, 1.165) is 28.1 Å². The normalized spacial score (nSPS) is 10.7. The second-order valence-corrected chi connectivity index (χ2v) is 6.07. The highest BCUT2D eigenvalue weighted by molar-refractivity contribution is 9.10. The molecule has 1 N–H and O–H groups in total. The minimum atomic E-state index is 0.0424. The number of hydrogen-bond donors (Lipinski definition) is 1. The molecule has 2 rings (SSSR count). The summed E-state index contributed by atoms with van der Waals surface area (Å²) < 4.78 is 1.12. The SMILES string of the molecule is Cc1nc(N(C)Cc2cc(Br)cs2)ccc1CO. The molecule has 2 aromatic rings. The Labute approximate surface area is 119 Å². The molecule has 0 aromatic carbocycles. The van der Waals surface area contributed by atoms with Crippen LogP contribution >= 0.6 is 27.3 Å². The van der Waals surface area contributed by atoms with Gasteiger partial charge in [0.15, 0.2) is 0 Å². The standard InChI is InChI=1S/C13H15BrN2OS/c1-9-10(7-17)3-4-13(15-9)16(2)6-12-5-11(14)8-18-12/h3-5,8,17H,6-7H2,1-2H3. The molecular formula is C13H15BrN2OS. The van der Waals surface area contributed by atoms with Crippen LogP contribution in [0.2, 0.25) is 0 Å². The number of rotatable bonds is 4. The Morgan fingerprint density at radius 1 is 1.44 bits per heavy atom. The smallest absolute Gasteiger partial charge is 0.128 e. The van der Waals surface area contributed by atoms with E-state index in [1.165, 1.54) is 4.88 Å². The number of aliphatic hydroxyl groups is 1. The van der Waals surface area contributed by atoms with Crippen molar-refractivity contribution in [2.24, 2.45) is 0 Å². The van der Waals surface area contributed by atoms with E-state index in [0.29, 0.717) is 0 Å². The highest BCUT2D eigenvalue weighted by Gasteiger charge is 2.07. The Kier molecular flexibility index (Phi) is 4.37. The number of anilines is 1. The van der Waals surface area contributed by atoms with Gasteiger partial charge in [0.2, 0.25) is 0 Å². The maximum absolute atomic E-state index is 9.13. The molecule has 5 heteroatoms. The molecule has 0 aliphatic heterocycles. The Morgan fingerprint density at radius 3 is 2.78 bits per heavy atom. The predicted octanol–water partition coefficient (Wildman–Crippen LogP) is 3.34. The molecule has 0 fully saturated rings. The van der Waals surface area contributed by atoms with Gasteiger partial charge in [0, 0.05) is 27.5 Å². The first kappa shape index (κ1) is 13.5. The molecule has 0 aliphatic rings. The van der Waals surface area contributed by atoms with Crippen LogP contribution in [0.3, 0.4) is 0 Å². The van der Waals surface area contributed by atoms with Crippen molar-refractivity contribution in [3.05, 3.63) is 44.2 Å². The summed E-state index contributed by atoms with van der Waals surface area (Å²) in [5, 5.41) is 11.2. The fourth-order valence-corrected chi connectivity index (χ4v) is 3.21. The number of halogens is 1. The zero-order chi connectivity index (χ0) is 13.1. The van der Waals surface area contributed by atoms with Gasteiger partial charge in [-0.1, -0.05) is 6.07 Å². The van der Waals surface area contributed by atoms with E-state index in [4.69, 9.17) is 5.11 Å². The Morgan fingerprint density at radius 2 is 2.22 bits per heavy atom. The molecule has 2 aromatic heterocycles. The van der Waals surface area contributed by atoms with Crippen LogP contribution < -0.4 is 4.90 Å². The third-order valence-electron chi connectivity index (χ3n) is 2.76. The van der Waals surface area contributed by atoms with Gasteiger partial charge in [-0.3, -0.25) is 0 Å². The Balaban J connectivity index is 2.13. The molecule has 3 nitrogen and oxygen atoms in total. The third kappa shape index (κ3) is 3.10. The molecule has 0 unspecified atom stereocenters. The first-order valence-corrected chi connectivity index (χ1v) is 7.29. The van der Waals surface area contributed by atoms with E-state index < -0.39 is 0 Å². The second kappa shape index (κ2) is 5.82. The predicted molar refractivity (Wildman–Crippen MR) is 79.0 cm³/mol. The summed E-state index contributed by atoms with van der Waals surface area (Å²) in [4.78, 5) is 7.90. The highest BCUT2D eigenvalue weighted by Crippen LogP contribution is 2.23. The molecule has 0 radical (unpaired) electrons. The van der Waals surface area contributed by atoms with Gasteiger partial charge in [0.25, 0.3) is 0 Å². The van der Waals surface area contributed by atoms with Gasteiger partial charge in [-0.05, 0) is 40.5 Å². The largest absolute Gasteiger partial charge is 0.392 e. The topological polar surface area (TPSA) is 36.4 Å². The van der Waals surface area contributed by atoms with Gasteiger partial charge in [0.05, 0.1) is 13.2 Å². The molecular weight excluding hydrogens is 312 g/mol. The molecule has 0 aliphatic carbocycles. The lowest BCUT2D eigenvalue weighted by Crippen LogP contribution is -2.17. The third-order valence-corrected chi connectivity index (χ3v) is 4.44. The summed E-state index contributed by atoms with van der Waals surface area (Å²) in [5.74, 6) is 0.925. The number of thiophene rings is 1. The lowest BCUT2D eigenvalue weighted by molar-refractivity contribution is 0.280. The average Bonchev–Trinajstić information content (AvgIpc) is 2.74. The molecule has 2 heterocycles. The molecule has 0 atom stereocenters. The summed E-state index contributed by atoms with van der Waals surface area (Å²) in [7, 11) is 2.02. The molecule has 18 heavy (non-hydrogen) atoms. The Hall–Kier alpha value is -0.910. The van der Waals surface area contributed by atoms with Crippen LogP contribution in [0.1, 0.15) is 16.1 Å². The highest BCUT2D eigenvalue weighted by atomic mass is 79.9. The van der Waals surface area contributed by atoms with Gasteiger partial charge in [0.1, 0.15) is 5.82 Å². The van der Waals surface area contributed by atoms with Crippen LogP contribution in [0.5, 0.6) is 0 Å². The van der Waals surface area contributed by atoms with Crippen LogP contribution in [0.15, 0.2) is 28.1 Å². The van der Waals surface area contributed by atoms with Crippen molar-refractivity contribution in [3.63, 3.8) is 0 Å². The van der Waals surface area contributed by atoms with E-state index in [-0.39, 0.29) is 6.61 Å². The first-order chi connectivity index (χ1) is 8.60. The van der Waals surface area contributed by atoms with Gasteiger partial charge in [-0.25, -0.2) is 4.98 Å². The van der Waals surface area contributed by atoms with Gasteiger partial charge in [-0.15, -0.1) is 11.3 Å². The van der Waals surface area contributed by atoms with E-state index in [1.54, 1.807) is 11.3 Å². The fraction of sp³-hybridized carbons (Fsp3) is 0.308. The molecule has 0 amide bonds. The quantitative estimate of drug-likeness (QED) is 0.936. The van der Waals surface area contributed by atoms with Crippen molar-refractivity contribution < 1.29 is 5.11 Å². The van der Waals surface area contributed by atoms with Crippen molar-refractivity contribution in [2.45, 2.75) is 20.1 Å². The Bertz CT molecular complexity index is 542. The molecule has 96 valence electrons. The van der Waals surface area contributed by atoms with Crippen molar-refractivity contribution in [1.29, 1.82) is 0 Å². The zero-order valence-electron chi connectivity index (χ0n) is 10.4. The minimum absolute atomic E-state index is 0.0424. The summed E-state index contributed by atoms with van der Waals surface area (Å²) in [6.07, 6.45) is 0. The average molecular weight is 327 g/mol. The van der Waals surface area contributed by atoms with E-state index in [9.17, 15) is 0 Å². The van der Waals surface area contributed by atoms with Gasteiger partial charge >= 0.3 is 0 Å². The summed E-state index contributed by atoms with van der Waals surface area (Å²) in [6, 6.07) is 6.00. The van der Waals surface area contributed by atoms with Gasteiger partial charge < -0.3 is 10.0 Å². The van der Waals surface area contributed by atoms with Crippen molar-refractivity contribution in [1.82, 2.24) is 4.98 Å². The molecule has 0 saturated heterocycles. The lowest BCUT2D eigenvalue weighted by atomic mass is 10.2. The van der Waals surface area contributed by atoms with Crippen LogP contribution in [-0.4, -0.2) is 17.1 Å². The van der Waals surface area contributed by atoms with Crippen LogP contribution in [0, 0.1) is 6.92 Å². The molecule has 0 spiro atoms. The number of pyridine rings is 1. The van der Waals surface area contributed by atoms with Crippen LogP contribution in [-0.2, 0) is 13.2 Å². The van der Waals surface area contributed by atoms with E-state index in [2.05, 4.69) is 37.3 Å². The summed E-state index contributed by atoms with van der Waals surface area (Å²) in [6.45, 7) is 2.80. The minimum Gasteiger partial charge on any atom is -0.392 e. The van der Waals surface area contributed by atoms with E-state index >= 15 is 0 Å². The van der Waals surface area contributed by atoms with Crippen LogP contribution in [0.25, 0.3) is 0 Å². The second-order valence-electron chi connectivity index (χ2n) is 4.16. The summed E-state index contributed by atoms with van der Waals surface area (Å²) in [5.41, 5.74) is 1.76. The number of aromatic nitrogens is 1. The maximum Gasteiger partial charge on any atom is 0.128 e. The van der Waals surface area contributed by atoms with Crippen molar-refractivity contribution in [3.8, 4) is 0 Å². The van der Waals surface area contributed by atoms with Crippen LogP contribution in [0.4, 0.5) is 5.82 Å². The van der Waals surface area contributed by atoms with Gasteiger partial charge in [-0.2, -0.15) is 0 Å². The van der Waals surface area contributed by atoms with E-state index in [1.807, 2.05) is 26.1 Å². The zero-order valence-corrected chi connectivity index (χ0v) is 12.8. The monoisotopic (exact) mass is 326 g/mol. The maximum atomic E-state index is 9.13. The number of hydrogen-bond acceptors (Lipinski definition) is 4.